The van der Waals surface area contributed by atoms with E-state index in [1.807, 2.05) is 0 Å². The lowest BCUT2D eigenvalue weighted by atomic mass is 9.96. The third kappa shape index (κ3) is 4.89. The van der Waals surface area contributed by atoms with Crippen LogP contribution in [0, 0.1) is 5.92 Å². The first-order valence-corrected chi connectivity index (χ1v) is 9.29. The van der Waals surface area contributed by atoms with Crippen molar-refractivity contribution in [3.63, 3.8) is 0 Å². The third-order valence-corrected chi connectivity index (χ3v) is 5.35. The van der Waals surface area contributed by atoms with Crippen molar-refractivity contribution in [3.05, 3.63) is 35.9 Å². The molecule has 1 aromatic carbocycles. The molecule has 0 aromatic heterocycles. The van der Waals surface area contributed by atoms with Gasteiger partial charge in [0, 0.05) is 17.8 Å². The van der Waals surface area contributed by atoms with Gasteiger partial charge in [0.1, 0.15) is 0 Å². The number of rotatable bonds is 6. The highest BCUT2D eigenvalue weighted by molar-refractivity contribution is 9.09. The van der Waals surface area contributed by atoms with E-state index in [-0.39, 0.29) is 0 Å². The largest absolute Gasteiger partial charge is 0.303 e. The van der Waals surface area contributed by atoms with Gasteiger partial charge in [-0.15, -0.1) is 0 Å². The molecule has 2 rings (SSSR count). The molecule has 1 nitrogen and oxygen atoms in total. The summed E-state index contributed by atoms with van der Waals surface area (Å²) in [7, 11) is 0. The maximum atomic E-state index is 3.71. The van der Waals surface area contributed by atoms with Gasteiger partial charge in [-0.3, -0.25) is 0 Å². The van der Waals surface area contributed by atoms with Crippen molar-refractivity contribution in [1.29, 1.82) is 0 Å². The molecule has 0 aliphatic carbocycles. The summed E-state index contributed by atoms with van der Waals surface area (Å²) in [5.41, 5.74) is 1.47. The van der Waals surface area contributed by atoms with Gasteiger partial charge in [-0.1, -0.05) is 66.0 Å². The van der Waals surface area contributed by atoms with E-state index < -0.39 is 0 Å². The first-order chi connectivity index (χ1) is 9.83. The van der Waals surface area contributed by atoms with Crippen LogP contribution in [-0.4, -0.2) is 29.9 Å². The van der Waals surface area contributed by atoms with Crippen molar-refractivity contribution in [1.82, 2.24) is 4.90 Å². The Morgan fingerprint density at radius 2 is 2.00 bits per heavy atom. The van der Waals surface area contributed by atoms with Gasteiger partial charge in [-0.05, 0) is 43.8 Å². The molecule has 2 atom stereocenters. The lowest BCUT2D eigenvalue weighted by Gasteiger charge is -2.25. The molecule has 2 heteroatoms. The van der Waals surface area contributed by atoms with Crippen molar-refractivity contribution in [3.8, 4) is 0 Å². The van der Waals surface area contributed by atoms with Gasteiger partial charge >= 0.3 is 0 Å². The van der Waals surface area contributed by atoms with Gasteiger partial charge in [0.2, 0.25) is 0 Å². The van der Waals surface area contributed by atoms with E-state index in [9.17, 15) is 0 Å². The van der Waals surface area contributed by atoms with Gasteiger partial charge in [-0.25, -0.2) is 0 Å². The SMILES string of the molecule is CCCC1CCCN(CC(CBr)c2ccccc2)CC1. The van der Waals surface area contributed by atoms with Crippen LogP contribution >= 0.6 is 15.9 Å². The van der Waals surface area contributed by atoms with Crippen LogP contribution in [0.5, 0.6) is 0 Å². The Morgan fingerprint density at radius 1 is 1.20 bits per heavy atom. The Balaban J connectivity index is 1.88. The standard InChI is InChI=1S/C18H28BrN/c1-2-7-16-8-6-12-20(13-11-16)15-18(14-19)17-9-4-3-5-10-17/h3-5,9-10,16,18H,2,6-8,11-15H2,1H3. The van der Waals surface area contributed by atoms with Crippen LogP contribution < -0.4 is 0 Å². The summed E-state index contributed by atoms with van der Waals surface area (Å²) in [6.45, 7) is 6.10. The smallest absolute Gasteiger partial charge is 0.0112 e. The molecular formula is C18H28BrN. The maximum absolute atomic E-state index is 3.71. The zero-order valence-corrected chi connectivity index (χ0v) is 14.3. The second-order valence-corrected chi connectivity index (χ2v) is 6.80. The molecule has 0 N–H and O–H groups in total. The number of benzene rings is 1. The molecule has 0 bridgehead atoms. The number of alkyl halides is 1. The minimum atomic E-state index is 0.624. The van der Waals surface area contributed by atoms with Gasteiger partial charge in [0.05, 0.1) is 0 Å². The first kappa shape index (κ1) is 16.0. The van der Waals surface area contributed by atoms with E-state index in [1.54, 1.807) is 0 Å². The second kappa shape index (κ2) is 8.84. The van der Waals surface area contributed by atoms with Crippen molar-refractivity contribution in [2.24, 2.45) is 5.92 Å². The minimum absolute atomic E-state index is 0.624. The summed E-state index contributed by atoms with van der Waals surface area (Å²) in [6.07, 6.45) is 6.99. The topological polar surface area (TPSA) is 3.24 Å². The third-order valence-electron chi connectivity index (χ3n) is 4.57. The first-order valence-electron chi connectivity index (χ1n) is 8.16. The summed E-state index contributed by atoms with van der Waals surface area (Å²) in [5, 5.41) is 1.06. The molecule has 20 heavy (non-hydrogen) atoms. The van der Waals surface area contributed by atoms with Crippen molar-refractivity contribution >= 4 is 15.9 Å². The van der Waals surface area contributed by atoms with E-state index in [0.717, 1.165) is 11.2 Å². The minimum Gasteiger partial charge on any atom is -0.303 e. The Bertz CT molecular complexity index is 365. The van der Waals surface area contributed by atoms with Crippen LogP contribution in [0.3, 0.4) is 0 Å². The lowest BCUT2D eigenvalue weighted by Crippen LogP contribution is -2.30. The molecule has 1 saturated heterocycles. The van der Waals surface area contributed by atoms with E-state index >= 15 is 0 Å². The maximum Gasteiger partial charge on any atom is 0.0112 e. The van der Waals surface area contributed by atoms with E-state index in [4.69, 9.17) is 0 Å². The number of hydrogen-bond acceptors (Lipinski definition) is 1. The fourth-order valence-electron chi connectivity index (χ4n) is 3.38. The average Bonchev–Trinajstić information content (AvgIpc) is 2.71. The Labute approximate surface area is 132 Å². The molecule has 0 saturated carbocycles. The highest BCUT2D eigenvalue weighted by Gasteiger charge is 2.19. The molecule has 1 aromatic rings. The summed E-state index contributed by atoms with van der Waals surface area (Å²) in [5.74, 6) is 1.60. The molecule has 2 unspecified atom stereocenters. The molecule has 0 spiro atoms. The molecule has 1 fully saturated rings. The highest BCUT2D eigenvalue weighted by Crippen LogP contribution is 2.25. The highest BCUT2D eigenvalue weighted by atomic mass is 79.9. The van der Waals surface area contributed by atoms with Crippen LogP contribution in [0.4, 0.5) is 0 Å². The summed E-state index contributed by atoms with van der Waals surface area (Å²) in [6, 6.07) is 11.0. The van der Waals surface area contributed by atoms with Crippen LogP contribution in [0.1, 0.15) is 50.5 Å². The van der Waals surface area contributed by atoms with Crippen molar-refractivity contribution in [2.45, 2.75) is 44.9 Å². The van der Waals surface area contributed by atoms with Gasteiger partial charge in [-0.2, -0.15) is 0 Å². The molecule has 1 aliphatic heterocycles. The zero-order valence-electron chi connectivity index (χ0n) is 12.7. The van der Waals surface area contributed by atoms with Gasteiger partial charge in [0.15, 0.2) is 0 Å². The number of hydrogen-bond donors (Lipinski definition) is 0. The Morgan fingerprint density at radius 3 is 2.70 bits per heavy atom. The fourth-order valence-corrected chi connectivity index (χ4v) is 3.96. The Hall–Kier alpha value is -0.340. The van der Waals surface area contributed by atoms with Crippen LogP contribution in [0.15, 0.2) is 30.3 Å². The van der Waals surface area contributed by atoms with Crippen LogP contribution in [-0.2, 0) is 0 Å². The molecule has 1 heterocycles. The number of likely N-dealkylation sites (tertiary alicyclic amines) is 1. The van der Waals surface area contributed by atoms with Crippen molar-refractivity contribution in [2.75, 3.05) is 25.0 Å². The predicted octanol–water partition coefficient (Wildman–Crippen LogP) is 5.07. The van der Waals surface area contributed by atoms with Crippen LogP contribution in [0.2, 0.25) is 0 Å². The summed E-state index contributed by atoms with van der Waals surface area (Å²) < 4.78 is 0. The summed E-state index contributed by atoms with van der Waals surface area (Å²) >= 11 is 3.71. The van der Waals surface area contributed by atoms with Crippen molar-refractivity contribution < 1.29 is 0 Å². The Kier molecular flexibility index (Phi) is 7.09. The quantitative estimate of drug-likeness (QED) is 0.655. The van der Waals surface area contributed by atoms with Gasteiger partial charge < -0.3 is 4.90 Å². The zero-order chi connectivity index (χ0) is 14.2. The average molecular weight is 338 g/mol. The molecule has 0 radical (unpaired) electrons. The predicted molar refractivity (Wildman–Crippen MR) is 91.7 cm³/mol. The van der Waals surface area contributed by atoms with E-state index in [2.05, 4.69) is 58.1 Å². The van der Waals surface area contributed by atoms with E-state index in [1.165, 1.54) is 57.3 Å². The molecular weight excluding hydrogens is 310 g/mol. The number of halogens is 1. The molecule has 1 aliphatic rings. The molecule has 0 amide bonds. The number of nitrogens with zero attached hydrogens (tertiary/aromatic N) is 1. The molecule has 112 valence electrons. The monoisotopic (exact) mass is 337 g/mol. The lowest BCUT2D eigenvalue weighted by molar-refractivity contribution is 0.267. The van der Waals surface area contributed by atoms with Crippen LogP contribution in [0.25, 0.3) is 0 Å². The van der Waals surface area contributed by atoms with Gasteiger partial charge in [0.25, 0.3) is 0 Å². The van der Waals surface area contributed by atoms with E-state index in [0.29, 0.717) is 5.92 Å². The normalized spacial score (nSPS) is 22.4. The second-order valence-electron chi connectivity index (χ2n) is 6.15. The fraction of sp³-hybridized carbons (Fsp3) is 0.667. The summed E-state index contributed by atoms with van der Waals surface area (Å²) in [4.78, 5) is 2.69.